The number of thiophene rings is 1. The topological polar surface area (TPSA) is 110 Å². The first-order valence-corrected chi connectivity index (χ1v) is 10.3. The summed E-state index contributed by atoms with van der Waals surface area (Å²) in [4.78, 5) is 23.9. The Balaban J connectivity index is 1.65. The normalized spacial score (nSPS) is 17.1. The van der Waals surface area contributed by atoms with Crippen molar-refractivity contribution in [1.29, 1.82) is 0 Å². The van der Waals surface area contributed by atoms with Gasteiger partial charge < -0.3 is 21.7 Å². The Morgan fingerprint density at radius 1 is 1.43 bits per heavy atom. The fourth-order valence-corrected chi connectivity index (χ4v) is 4.61. The average molecular weight is 397 g/mol. The summed E-state index contributed by atoms with van der Waals surface area (Å²) < 4.78 is 0.926. The van der Waals surface area contributed by atoms with Crippen LogP contribution in [0.1, 0.15) is 35.7 Å². The number of rotatable bonds is 4. The van der Waals surface area contributed by atoms with Crippen molar-refractivity contribution in [3.63, 3.8) is 0 Å². The van der Waals surface area contributed by atoms with Crippen molar-refractivity contribution in [3.8, 4) is 0 Å². The number of aromatic nitrogens is 2. The molecule has 8 heteroatoms. The molecule has 3 aromatic rings. The fraction of sp³-hybridized carbons (Fsp3) is 0.350. The Labute approximate surface area is 167 Å². The van der Waals surface area contributed by atoms with Gasteiger partial charge in [-0.3, -0.25) is 14.8 Å². The number of hydrogen-bond donors (Lipinski definition) is 3. The number of nitrogen functional groups attached to an aromatic ring is 1. The highest BCUT2D eigenvalue weighted by molar-refractivity contribution is 7.23. The number of fused-ring (bicyclic) bond motifs is 1. The lowest BCUT2D eigenvalue weighted by Gasteiger charge is -2.33. The predicted molar refractivity (Wildman–Crippen MR) is 115 cm³/mol. The Kier molecular flexibility index (Phi) is 5.15. The first-order valence-electron chi connectivity index (χ1n) is 9.49. The van der Waals surface area contributed by atoms with Crippen LogP contribution in [0.15, 0.2) is 30.7 Å². The van der Waals surface area contributed by atoms with Crippen LogP contribution in [0.4, 0.5) is 16.4 Å². The lowest BCUT2D eigenvalue weighted by Crippen LogP contribution is -2.43. The average Bonchev–Trinajstić information content (AvgIpc) is 3.03. The number of carbonyl (C=O) groups excluding carboxylic acids is 1. The quantitative estimate of drug-likeness (QED) is 0.625. The van der Waals surface area contributed by atoms with Crippen molar-refractivity contribution in [3.05, 3.63) is 41.9 Å². The van der Waals surface area contributed by atoms with Gasteiger partial charge in [-0.25, -0.2) is 0 Å². The molecule has 28 heavy (non-hydrogen) atoms. The van der Waals surface area contributed by atoms with Crippen molar-refractivity contribution in [2.24, 2.45) is 5.73 Å². The maximum Gasteiger partial charge on any atom is 0.260 e. The largest absolute Gasteiger partial charge is 0.390 e. The number of anilines is 3. The van der Waals surface area contributed by atoms with Gasteiger partial charge in [-0.1, -0.05) is 6.92 Å². The van der Waals surface area contributed by atoms with Crippen molar-refractivity contribution in [2.75, 3.05) is 29.0 Å². The standard InChI is InChI=1S/C20H24N6OS/c1-2-12-8-16-18(24-9-12)17(19(22)28-16)20(27)25-14-10-23-6-5-15(14)26-7-3-4-13(21)11-26/h5-6,8-10,13H,2-4,7,11,21-22H2,1H3,(H,25,27). The van der Waals surface area contributed by atoms with Crippen LogP contribution in [0.2, 0.25) is 0 Å². The van der Waals surface area contributed by atoms with E-state index < -0.39 is 0 Å². The molecule has 4 rings (SSSR count). The molecule has 0 aliphatic carbocycles. The minimum atomic E-state index is -0.268. The smallest absolute Gasteiger partial charge is 0.260 e. The third kappa shape index (κ3) is 3.53. The summed E-state index contributed by atoms with van der Waals surface area (Å²) in [6.45, 7) is 3.74. The number of hydrogen-bond acceptors (Lipinski definition) is 7. The van der Waals surface area contributed by atoms with Crippen molar-refractivity contribution >= 4 is 43.8 Å². The van der Waals surface area contributed by atoms with E-state index in [1.54, 1.807) is 18.6 Å². The molecule has 7 nitrogen and oxygen atoms in total. The van der Waals surface area contributed by atoms with E-state index in [1.165, 1.54) is 11.3 Å². The summed E-state index contributed by atoms with van der Waals surface area (Å²) in [5, 5.41) is 3.46. The Morgan fingerprint density at radius 2 is 2.29 bits per heavy atom. The zero-order valence-electron chi connectivity index (χ0n) is 15.8. The highest BCUT2D eigenvalue weighted by Gasteiger charge is 2.23. The molecule has 1 fully saturated rings. The fourth-order valence-electron chi connectivity index (χ4n) is 3.62. The second-order valence-corrected chi connectivity index (χ2v) is 8.16. The zero-order chi connectivity index (χ0) is 19.7. The summed E-state index contributed by atoms with van der Waals surface area (Å²) in [5.41, 5.74) is 16.1. The van der Waals surface area contributed by atoms with E-state index in [4.69, 9.17) is 11.5 Å². The molecule has 1 atom stereocenters. The van der Waals surface area contributed by atoms with Gasteiger partial charge in [0.25, 0.3) is 5.91 Å². The van der Waals surface area contributed by atoms with Crippen molar-refractivity contribution < 1.29 is 4.79 Å². The van der Waals surface area contributed by atoms with E-state index in [2.05, 4.69) is 27.1 Å². The first-order chi connectivity index (χ1) is 13.6. The van der Waals surface area contributed by atoms with Crippen molar-refractivity contribution in [2.45, 2.75) is 32.2 Å². The summed E-state index contributed by atoms with van der Waals surface area (Å²) >= 11 is 1.39. The number of nitrogens with two attached hydrogens (primary N) is 2. The molecule has 0 saturated carbocycles. The Bertz CT molecular complexity index is 1020. The summed E-state index contributed by atoms with van der Waals surface area (Å²) in [7, 11) is 0. The molecule has 1 unspecified atom stereocenters. The molecule has 146 valence electrons. The van der Waals surface area contributed by atoms with Crippen LogP contribution in [0, 0.1) is 0 Å². The van der Waals surface area contributed by atoms with Gasteiger partial charge in [-0.15, -0.1) is 11.3 Å². The Hall–Kier alpha value is -2.71. The van der Waals surface area contributed by atoms with Gasteiger partial charge in [-0.2, -0.15) is 0 Å². The molecule has 0 aromatic carbocycles. The number of nitrogens with zero attached hydrogens (tertiary/aromatic N) is 3. The van der Waals surface area contributed by atoms with Gasteiger partial charge in [0.2, 0.25) is 0 Å². The van der Waals surface area contributed by atoms with Crippen LogP contribution in [-0.4, -0.2) is 35.0 Å². The van der Waals surface area contributed by atoms with E-state index in [1.807, 2.05) is 12.1 Å². The van der Waals surface area contributed by atoms with E-state index >= 15 is 0 Å². The molecular weight excluding hydrogens is 372 g/mol. The lowest BCUT2D eigenvalue weighted by atomic mass is 10.1. The third-order valence-corrected chi connectivity index (χ3v) is 6.05. The Morgan fingerprint density at radius 3 is 3.07 bits per heavy atom. The lowest BCUT2D eigenvalue weighted by molar-refractivity contribution is 0.102. The molecular formula is C20H24N6OS. The number of aryl methyl sites for hydroxylation is 1. The second kappa shape index (κ2) is 7.73. The highest BCUT2D eigenvalue weighted by atomic mass is 32.1. The van der Waals surface area contributed by atoms with E-state index in [0.29, 0.717) is 21.8 Å². The van der Waals surface area contributed by atoms with Gasteiger partial charge in [0.15, 0.2) is 0 Å². The maximum absolute atomic E-state index is 13.1. The first kappa shape index (κ1) is 18.6. The van der Waals surface area contributed by atoms with Crippen LogP contribution in [0.5, 0.6) is 0 Å². The minimum Gasteiger partial charge on any atom is -0.390 e. The molecule has 4 heterocycles. The zero-order valence-corrected chi connectivity index (χ0v) is 16.6. The second-order valence-electron chi connectivity index (χ2n) is 7.08. The number of nitrogens with one attached hydrogen (secondary N) is 1. The van der Waals surface area contributed by atoms with E-state index in [0.717, 1.165) is 48.3 Å². The monoisotopic (exact) mass is 396 g/mol. The molecule has 1 aliphatic heterocycles. The highest BCUT2D eigenvalue weighted by Crippen LogP contribution is 2.34. The van der Waals surface area contributed by atoms with E-state index in [-0.39, 0.29) is 11.9 Å². The van der Waals surface area contributed by atoms with Gasteiger partial charge >= 0.3 is 0 Å². The summed E-state index contributed by atoms with van der Waals surface area (Å²) in [6.07, 6.45) is 8.14. The molecule has 1 aliphatic rings. The van der Waals surface area contributed by atoms with Gasteiger partial charge in [-0.05, 0) is 37.0 Å². The molecule has 1 saturated heterocycles. The third-order valence-electron chi connectivity index (χ3n) is 5.09. The number of pyridine rings is 2. The number of amides is 1. The van der Waals surface area contributed by atoms with Gasteiger partial charge in [0.1, 0.15) is 10.6 Å². The molecule has 0 radical (unpaired) electrons. The molecule has 5 N–H and O–H groups in total. The maximum atomic E-state index is 13.1. The molecule has 0 bridgehead atoms. The summed E-state index contributed by atoms with van der Waals surface area (Å²) in [6, 6.07) is 4.10. The van der Waals surface area contributed by atoms with Gasteiger partial charge in [0.05, 0.1) is 27.8 Å². The summed E-state index contributed by atoms with van der Waals surface area (Å²) in [5.74, 6) is -0.268. The van der Waals surface area contributed by atoms with Gasteiger partial charge in [0, 0.05) is 31.5 Å². The predicted octanol–water partition coefficient (Wildman–Crippen LogP) is 3.02. The van der Waals surface area contributed by atoms with Crippen LogP contribution in [-0.2, 0) is 6.42 Å². The SMILES string of the molecule is CCc1cnc2c(C(=O)Nc3cnccc3N3CCCC(N)C3)c(N)sc2c1. The minimum absolute atomic E-state index is 0.138. The molecule has 1 amide bonds. The van der Waals surface area contributed by atoms with Crippen LogP contribution in [0.3, 0.4) is 0 Å². The molecule has 0 spiro atoms. The molecule has 3 aromatic heterocycles. The van der Waals surface area contributed by atoms with E-state index in [9.17, 15) is 4.79 Å². The van der Waals surface area contributed by atoms with Crippen LogP contribution in [0.25, 0.3) is 10.2 Å². The number of piperidine rings is 1. The van der Waals surface area contributed by atoms with Crippen molar-refractivity contribution in [1.82, 2.24) is 9.97 Å². The number of carbonyl (C=O) groups is 1. The van der Waals surface area contributed by atoms with Crippen LogP contribution < -0.4 is 21.7 Å². The van der Waals surface area contributed by atoms with Crippen LogP contribution >= 0.6 is 11.3 Å².